The Balaban J connectivity index is 1.85. The van der Waals surface area contributed by atoms with Gasteiger partial charge in [-0.25, -0.2) is 19.8 Å². The zero-order valence-corrected chi connectivity index (χ0v) is 15.0. The lowest BCUT2D eigenvalue weighted by molar-refractivity contribution is -0.694. The first kappa shape index (κ1) is 16.9. The van der Waals surface area contributed by atoms with Crippen LogP contribution in [0.5, 0.6) is 0 Å². The molecular formula is C15H16FIN5O2+. The summed E-state index contributed by atoms with van der Waals surface area (Å²) in [5, 5.41) is 1.57. The molecule has 1 unspecified atom stereocenters. The number of hydroxylamine groups is 1. The van der Waals surface area contributed by atoms with Gasteiger partial charge in [0.1, 0.15) is 18.6 Å². The summed E-state index contributed by atoms with van der Waals surface area (Å²) >= 11 is 2.04. The molecule has 0 radical (unpaired) electrons. The zero-order valence-electron chi connectivity index (χ0n) is 12.8. The van der Waals surface area contributed by atoms with Crippen LogP contribution in [0.4, 0.5) is 10.1 Å². The van der Waals surface area contributed by atoms with Crippen LogP contribution in [0.1, 0.15) is 6.92 Å². The number of nitrogens with zero attached hydrogens (tertiary/aromatic N) is 2. The lowest BCUT2D eigenvalue weighted by atomic mass is 10.2. The third-order valence-corrected chi connectivity index (χ3v) is 4.13. The van der Waals surface area contributed by atoms with Gasteiger partial charge >= 0.3 is 0 Å². The Bertz CT molecular complexity index is 749. The third-order valence-electron chi connectivity index (χ3n) is 3.45. The van der Waals surface area contributed by atoms with Gasteiger partial charge in [-0.15, -0.1) is 0 Å². The van der Waals surface area contributed by atoms with E-state index in [0.29, 0.717) is 18.8 Å². The largest absolute Gasteiger partial charge is 0.298 e. The van der Waals surface area contributed by atoms with Crippen LogP contribution in [-0.2, 0) is 9.63 Å². The van der Waals surface area contributed by atoms with Crippen molar-refractivity contribution in [1.82, 2.24) is 10.5 Å². The highest BCUT2D eigenvalue weighted by atomic mass is 127. The number of carbonyl (C=O) groups excluding carboxylic acids is 1. The van der Waals surface area contributed by atoms with E-state index in [0.717, 1.165) is 14.2 Å². The van der Waals surface area contributed by atoms with Gasteiger partial charge in [0.15, 0.2) is 17.7 Å². The van der Waals surface area contributed by atoms with Crippen LogP contribution in [0.25, 0.3) is 0 Å². The minimum Gasteiger partial charge on any atom is -0.295 e. The minimum absolute atomic E-state index is 0.286. The maximum Gasteiger partial charge on any atom is 0.298 e. The van der Waals surface area contributed by atoms with Crippen LogP contribution < -0.4 is 15.8 Å². The summed E-state index contributed by atoms with van der Waals surface area (Å²) in [5.74, 6) is -0.806. The van der Waals surface area contributed by atoms with Crippen LogP contribution in [0.2, 0.25) is 0 Å². The predicted molar refractivity (Wildman–Crippen MR) is 94.8 cm³/mol. The second-order valence-corrected chi connectivity index (χ2v) is 6.35. The van der Waals surface area contributed by atoms with Gasteiger partial charge in [0.2, 0.25) is 0 Å². The van der Waals surface area contributed by atoms with Crippen molar-refractivity contribution in [2.45, 2.75) is 6.92 Å². The molecule has 1 aromatic rings. The van der Waals surface area contributed by atoms with Crippen LogP contribution in [0.15, 0.2) is 47.0 Å². The number of hydrogen-bond donors (Lipinski definition) is 3. The first-order valence-corrected chi connectivity index (χ1v) is 8.39. The van der Waals surface area contributed by atoms with E-state index in [1.807, 2.05) is 22.6 Å². The number of hydrogen-bond acceptors (Lipinski definition) is 5. The molecule has 2 heterocycles. The fourth-order valence-corrected chi connectivity index (χ4v) is 2.76. The highest BCUT2D eigenvalue weighted by Gasteiger charge is 2.32. The van der Waals surface area contributed by atoms with Crippen molar-refractivity contribution < 1.29 is 18.9 Å². The second-order valence-electron chi connectivity index (χ2n) is 5.10. The van der Waals surface area contributed by atoms with E-state index < -0.39 is 11.7 Å². The molecule has 0 bridgehead atoms. The van der Waals surface area contributed by atoms with E-state index in [4.69, 9.17) is 4.84 Å². The highest BCUT2D eigenvalue weighted by molar-refractivity contribution is 14.1. The van der Waals surface area contributed by atoms with Gasteiger partial charge in [0, 0.05) is 3.57 Å². The lowest BCUT2D eigenvalue weighted by Gasteiger charge is -2.31. The fourth-order valence-electron chi connectivity index (χ4n) is 2.31. The number of rotatable bonds is 5. The SMILES string of the molecule is CCONC(=O)C1=C[NH+]2C=NC=C2CN1Nc1ccc(I)cc1F. The first-order valence-electron chi connectivity index (χ1n) is 7.31. The number of nitrogens with one attached hydrogen (secondary N) is 3. The molecule has 0 saturated heterocycles. The summed E-state index contributed by atoms with van der Waals surface area (Å²) in [5.41, 5.74) is 6.87. The fraction of sp³-hybridized carbons (Fsp3) is 0.200. The predicted octanol–water partition coefficient (Wildman–Crippen LogP) is 0.750. The second kappa shape index (κ2) is 7.28. The number of anilines is 1. The van der Waals surface area contributed by atoms with Crippen molar-refractivity contribution in [3.05, 3.63) is 51.4 Å². The summed E-state index contributed by atoms with van der Waals surface area (Å²) in [6, 6.07) is 4.84. The first-order chi connectivity index (χ1) is 11.6. The molecule has 0 fully saturated rings. The number of fused-ring (bicyclic) bond motifs is 1. The van der Waals surface area contributed by atoms with Crippen LogP contribution >= 0.6 is 22.6 Å². The summed E-state index contributed by atoms with van der Waals surface area (Å²) in [6.07, 6.45) is 5.10. The quantitative estimate of drug-likeness (QED) is 0.464. The average Bonchev–Trinajstić information content (AvgIpc) is 3.01. The number of carbonyl (C=O) groups is 1. The number of amides is 1. The topological polar surface area (TPSA) is 70.4 Å². The van der Waals surface area contributed by atoms with E-state index in [-0.39, 0.29) is 5.69 Å². The molecule has 0 saturated carbocycles. The molecule has 3 N–H and O–H groups in total. The van der Waals surface area contributed by atoms with Crippen molar-refractivity contribution in [2.75, 3.05) is 18.6 Å². The third kappa shape index (κ3) is 3.57. The molecule has 2 aliphatic heterocycles. The number of aliphatic imine (C=N–C) groups is 1. The minimum atomic E-state index is -0.415. The molecule has 0 aliphatic carbocycles. The lowest BCUT2D eigenvalue weighted by Crippen LogP contribution is -3.05. The van der Waals surface area contributed by atoms with E-state index in [1.165, 1.54) is 6.07 Å². The normalized spacial score (nSPS) is 18.8. The molecule has 1 aromatic carbocycles. The maximum absolute atomic E-state index is 14.1. The molecule has 24 heavy (non-hydrogen) atoms. The van der Waals surface area contributed by atoms with Crippen LogP contribution in [0.3, 0.4) is 0 Å². The van der Waals surface area contributed by atoms with Gasteiger partial charge < -0.3 is 0 Å². The molecule has 126 valence electrons. The Morgan fingerprint density at radius 3 is 3.12 bits per heavy atom. The molecule has 0 aromatic heterocycles. The van der Waals surface area contributed by atoms with Crippen molar-refractivity contribution in [2.24, 2.45) is 4.99 Å². The Labute approximate surface area is 151 Å². The molecule has 7 nitrogen and oxygen atoms in total. The summed E-state index contributed by atoms with van der Waals surface area (Å²) in [4.78, 5) is 22.2. The zero-order chi connectivity index (χ0) is 17.1. The van der Waals surface area contributed by atoms with Crippen molar-refractivity contribution >= 4 is 40.5 Å². The van der Waals surface area contributed by atoms with Crippen LogP contribution in [-0.4, -0.2) is 30.4 Å². The van der Waals surface area contributed by atoms with Gasteiger partial charge in [-0.1, -0.05) is 0 Å². The molecule has 1 amide bonds. The van der Waals surface area contributed by atoms with Gasteiger partial charge in [0.25, 0.3) is 5.91 Å². The smallest absolute Gasteiger partial charge is 0.295 e. The summed E-state index contributed by atoms with van der Waals surface area (Å²) in [6.45, 7) is 2.50. The van der Waals surface area contributed by atoms with Crippen molar-refractivity contribution in [3.63, 3.8) is 0 Å². The summed E-state index contributed by atoms with van der Waals surface area (Å²) < 4.78 is 14.9. The summed E-state index contributed by atoms with van der Waals surface area (Å²) in [7, 11) is 0. The standard InChI is InChI=1S/C15H15FIN5O2/c1-2-24-20-15(23)14-8-21-9-18-6-11(21)7-22(14)19-13-4-3-10(17)5-12(13)16/h3-6,8-9,19H,2,7H2,1H3,(H,20,23)/p+1. The molecule has 1 atom stereocenters. The molecular weight excluding hydrogens is 428 g/mol. The molecule has 2 aliphatic rings. The number of halogens is 2. The Kier molecular flexibility index (Phi) is 5.11. The molecule has 3 rings (SSSR count). The number of benzene rings is 1. The van der Waals surface area contributed by atoms with E-state index in [9.17, 15) is 9.18 Å². The Morgan fingerprint density at radius 1 is 1.54 bits per heavy atom. The molecule has 0 spiro atoms. The Morgan fingerprint density at radius 2 is 2.38 bits per heavy atom. The highest BCUT2D eigenvalue weighted by Crippen LogP contribution is 2.20. The van der Waals surface area contributed by atoms with Gasteiger partial charge in [0.05, 0.1) is 18.5 Å². The van der Waals surface area contributed by atoms with E-state index in [2.05, 4.69) is 15.9 Å². The maximum atomic E-state index is 14.1. The van der Waals surface area contributed by atoms with Crippen LogP contribution in [0, 0.1) is 9.39 Å². The number of quaternary nitrogens is 1. The Hall–Kier alpha value is -1.98. The molecule has 9 heteroatoms. The van der Waals surface area contributed by atoms with E-state index in [1.54, 1.807) is 42.8 Å². The number of hydrazine groups is 1. The van der Waals surface area contributed by atoms with Gasteiger partial charge in [-0.2, -0.15) is 0 Å². The average molecular weight is 444 g/mol. The van der Waals surface area contributed by atoms with Crippen molar-refractivity contribution in [1.29, 1.82) is 0 Å². The van der Waals surface area contributed by atoms with E-state index >= 15 is 0 Å². The monoisotopic (exact) mass is 444 g/mol. The van der Waals surface area contributed by atoms with Gasteiger partial charge in [-0.3, -0.25) is 20.1 Å². The van der Waals surface area contributed by atoms with Gasteiger partial charge in [-0.05, 0) is 47.7 Å². The van der Waals surface area contributed by atoms with Crippen molar-refractivity contribution in [3.8, 4) is 0 Å².